The van der Waals surface area contributed by atoms with E-state index in [2.05, 4.69) is 0 Å². The Morgan fingerprint density at radius 1 is 0.591 bits per heavy atom. The van der Waals surface area contributed by atoms with E-state index in [1.165, 1.54) is 24.3 Å². The van der Waals surface area contributed by atoms with Crippen LogP contribution in [0.2, 0.25) is 0 Å². The van der Waals surface area contributed by atoms with Crippen LogP contribution < -0.4 is 0 Å². The van der Waals surface area contributed by atoms with Crippen LogP contribution in [0.1, 0.15) is 11.1 Å². The molecule has 2 aromatic carbocycles. The predicted molar refractivity (Wildman–Crippen MR) is 85.9 cm³/mol. The lowest BCUT2D eigenvalue weighted by Crippen LogP contribution is -2.00. The third-order valence-corrected chi connectivity index (χ3v) is 6.13. The molecule has 0 radical (unpaired) electrons. The highest BCUT2D eigenvalue weighted by molar-refractivity contribution is 7.97. The predicted octanol–water partition coefficient (Wildman–Crippen LogP) is 3.02. The highest BCUT2D eigenvalue weighted by Gasteiger charge is 2.14. The molecule has 2 aromatic rings. The summed E-state index contributed by atoms with van der Waals surface area (Å²) in [6.45, 7) is 3.68. The Labute approximate surface area is 131 Å². The van der Waals surface area contributed by atoms with Crippen molar-refractivity contribution in [2.45, 2.75) is 23.6 Å². The standard InChI is InChI=1S/C16H16O4S2/c1-13-3-7-15(8-4-13)21(17,18)11-12-22(19,20)16-9-5-14(2)6-10-16/h3-12H,1-2H3/b12-11-. The SMILES string of the molecule is Cc1ccc(S(=O)(=O)/C=C\S(=O)(=O)c2ccc(C)cc2)cc1. The molecule has 4 nitrogen and oxygen atoms in total. The zero-order chi connectivity index (χ0) is 16.4. The average molecular weight is 336 g/mol. The first-order valence-electron chi connectivity index (χ1n) is 6.52. The zero-order valence-electron chi connectivity index (χ0n) is 12.2. The van der Waals surface area contributed by atoms with E-state index < -0.39 is 19.7 Å². The molecule has 22 heavy (non-hydrogen) atoms. The van der Waals surface area contributed by atoms with Gasteiger partial charge in [-0.1, -0.05) is 35.4 Å². The summed E-state index contributed by atoms with van der Waals surface area (Å²) in [6.07, 6.45) is 0. The fourth-order valence-corrected chi connectivity index (χ4v) is 4.27. The fourth-order valence-electron chi connectivity index (χ4n) is 1.76. The second-order valence-corrected chi connectivity index (χ2v) is 8.66. The monoisotopic (exact) mass is 336 g/mol. The third-order valence-electron chi connectivity index (χ3n) is 3.11. The van der Waals surface area contributed by atoms with Crippen molar-refractivity contribution in [3.8, 4) is 0 Å². The van der Waals surface area contributed by atoms with E-state index in [4.69, 9.17) is 0 Å². The molecule has 116 valence electrons. The number of benzene rings is 2. The topological polar surface area (TPSA) is 68.3 Å². The van der Waals surface area contributed by atoms with Gasteiger partial charge in [0.05, 0.1) is 9.79 Å². The molecule has 0 saturated heterocycles. The normalized spacial score (nSPS) is 12.6. The van der Waals surface area contributed by atoms with Gasteiger partial charge >= 0.3 is 0 Å². The minimum Gasteiger partial charge on any atom is -0.219 e. The number of hydrogen-bond acceptors (Lipinski definition) is 4. The van der Waals surface area contributed by atoms with E-state index in [9.17, 15) is 16.8 Å². The van der Waals surface area contributed by atoms with Crippen molar-refractivity contribution in [2.75, 3.05) is 0 Å². The van der Waals surface area contributed by atoms with Crippen molar-refractivity contribution in [3.63, 3.8) is 0 Å². The van der Waals surface area contributed by atoms with Crippen LogP contribution in [0.15, 0.2) is 69.1 Å². The summed E-state index contributed by atoms with van der Waals surface area (Å²) in [7, 11) is -7.57. The van der Waals surface area contributed by atoms with Gasteiger partial charge in [-0.05, 0) is 38.1 Å². The van der Waals surface area contributed by atoms with Crippen molar-refractivity contribution in [1.29, 1.82) is 0 Å². The van der Waals surface area contributed by atoms with Crippen LogP contribution in [0.3, 0.4) is 0 Å². The minimum absolute atomic E-state index is 0.0634. The van der Waals surface area contributed by atoms with E-state index in [1.54, 1.807) is 24.3 Å². The molecule has 0 spiro atoms. The van der Waals surface area contributed by atoms with Crippen molar-refractivity contribution in [1.82, 2.24) is 0 Å². The Hall–Kier alpha value is -1.92. The van der Waals surface area contributed by atoms with Crippen LogP contribution >= 0.6 is 0 Å². The van der Waals surface area contributed by atoms with Gasteiger partial charge in [0.25, 0.3) is 0 Å². The summed E-state index contributed by atoms with van der Waals surface area (Å²) in [5.41, 5.74) is 1.85. The highest BCUT2D eigenvalue weighted by Crippen LogP contribution is 2.17. The van der Waals surface area contributed by atoms with Gasteiger partial charge in [0.1, 0.15) is 0 Å². The summed E-state index contributed by atoms with van der Waals surface area (Å²) in [4.78, 5) is 0.127. The molecule has 0 aliphatic rings. The zero-order valence-corrected chi connectivity index (χ0v) is 13.9. The maximum atomic E-state index is 12.1. The largest absolute Gasteiger partial charge is 0.219 e. The smallest absolute Gasteiger partial charge is 0.200 e. The van der Waals surface area contributed by atoms with Crippen molar-refractivity contribution < 1.29 is 16.8 Å². The molecule has 0 aliphatic heterocycles. The molecule has 0 aliphatic carbocycles. The van der Waals surface area contributed by atoms with E-state index in [1.807, 2.05) is 13.8 Å². The average Bonchev–Trinajstić information content (AvgIpc) is 2.46. The van der Waals surface area contributed by atoms with Crippen LogP contribution in [0.5, 0.6) is 0 Å². The Morgan fingerprint density at radius 2 is 0.864 bits per heavy atom. The van der Waals surface area contributed by atoms with Gasteiger partial charge in [-0.3, -0.25) is 0 Å². The molecule has 0 N–H and O–H groups in total. The Morgan fingerprint density at radius 3 is 1.14 bits per heavy atom. The maximum absolute atomic E-state index is 12.1. The first-order valence-corrected chi connectivity index (χ1v) is 9.62. The molecular formula is C16H16O4S2. The summed E-state index contributed by atoms with van der Waals surface area (Å²) in [5.74, 6) is 0. The number of rotatable bonds is 4. The van der Waals surface area contributed by atoms with Crippen molar-refractivity contribution in [3.05, 3.63) is 70.5 Å². The highest BCUT2D eigenvalue weighted by atomic mass is 32.2. The molecule has 0 atom stereocenters. The van der Waals surface area contributed by atoms with E-state index in [0.29, 0.717) is 0 Å². The summed E-state index contributed by atoms with van der Waals surface area (Å²) in [6, 6.07) is 12.5. The lowest BCUT2D eigenvalue weighted by atomic mass is 10.2. The second kappa shape index (κ2) is 6.06. The van der Waals surface area contributed by atoms with Gasteiger partial charge in [0.15, 0.2) is 0 Å². The first-order chi connectivity index (χ1) is 10.2. The quantitative estimate of drug-likeness (QED) is 0.860. The number of hydrogen-bond donors (Lipinski definition) is 0. The van der Waals surface area contributed by atoms with E-state index in [0.717, 1.165) is 21.9 Å². The Kier molecular flexibility index (Phi) is 4.53. The fraction of sp³-hybridized carbons (Fsp3) is 0.125. The van der Waals surface area contributed by atoms with Crippen LogP contribution in [-0.2, 0) is 19.7 Å². The molecule has 6 heteroatoms. The first kappa shape index (κ1) is 16.5. The maximum Gasteiger partial charge on any atom is 0.200 e. The van der Waals surface area contributed by atoms with Gasteiger partial charge in [0.2, 0.25) is 19.7 Å². The van der Waals surface area contributed by atoms with Gasteiger partial charge in [-0.25, -0.2) is 16.8 Å². The molecule has 0 heterocycles. The summed E-state index contributed by atoms with van der Waals surface area (Å²) in [5, 5.41) is 1.46. The Bertz CT molecular complexity index is 812. The Balaban J connectivity index is 2.34. The molecule has 0 bridgehead atoms. The molecule has 0 fully saturated rings. The van der Waals surface area contributed by atoms with Crippen LogP contribution in [0.25, 0.3) is 0 Å². The van der Waals surface area contributed by atoms with Crippen LogP contribution in [-0.4, -0.2) is 16.8 Å². The molecule has 0 saturated carbocycles. The lowest BCUT2D eigenvalue weighted by Gasteiger charge is -2.01. The lowest BCUT2D eigenvalue weighted by molar-refractivity contribution is 0.600. The number of aryl methyl sites for hydroxylation is 2. The molecule has 0 amide bonds. The van der Waals surface area contributed by atoms with Crippen molar-refractivity contribution >= 4 is 19.7 Å². The molecule has 2 rings (SSSR count). The molecule has 0 unspecified atom stereocenters. The third kappa shape index (κ3) is 3.84. The minimum atomic E-state index is -3.79. The van der Waals surface area contributed by atoms with Crippen molar-refractivity contribution in [2.24, 2.45) is 0 Å². The van der Waals surface area contributed by atoms with Crippen LogP contribution in [0, 0.1) is 13.8 Å². The molecule has 0 aromatic heterocycles. The van der Waals surface area contributed by atoms with Gasteiger partial charge in [-0.15, -0.1) is 0 Å². The second-order valence-electron chi connectivity index (χ2n) is 4.99. The molecular weight excluding hydrogens is 320 g/mol. The summed E-state index contributed by atoms with van der Waals surface area (Å²) < 4.78 is 48.5. The van der Waals surface area contributed by atoms with E-state index >= 15 is 0 Å². The van der Waals surface area contributed by atoms with Gasteiger partial charge in [0, 0.05) is 10.8 Å². The number of sulfone groups is 2. The van der Waals surface area contributed by atoms with Crippen LogP contribution in [0.4, 0.5) is 0 Å². The van der Waals surface area contributed by atoms with Gasteiger partial charge < -0.3 is 0 Å². The summed E-state index contributed by atoms with van der Waals surface area (Å²) >= 11 is 0. The van der Waals surface area contributed by atoms with Gasteiger partial charge in [-0.2, -0.15) is 0 Å². The van der Waals surface area contributed by atoms with E-state index in [-0.39, 0.29) is 9.79 Å².